The van der Waals surface area contributed by atoms with E-state index in [1.54, 1.807) is 19.1 Å². The molecule has 0 bridgehead atoms. The quantitative estimate of drug-likeness (QED) is 0.767. The Hall–Kier alpha value is -1.49. The lowest BCUT2D eigenvalue weighted by atomic mass is 10.1. The molecule has 18 heavy (non-hydrogen) atoms. The molecule has 0 aliphatic carbocycles. The number of thioether (sulfide) groups is 1. The predicted molar refractivity (Wildman–Crippen MR) is 70.6 cm³/mol. The zero-order valence-corrected chi connectivity index (χ0v) is 11.0. The molecular weight excluding hydrogens is 252 g/mol. The Morgan fingerprint density at radius 3 is 2.39 bits per heavy atom. The summed E-state index contributed by atoms with van der Waals surface area (Å²) in [5, 5.41) is 8.63. The molecule has 0 fully saturated rings. The maximum Gasteiger partial charge on any atom is 0.315 e. The van der Waals surface area contributed by atoms with Crippen LogP contribution in [-0.4, -0.2) is 29.4 Å². The molecule has 1 rings (SSSR count). The van der Waals surface area contributed by atoms with E-state index in [9.17, 15) is 9.59 Å². The predicted octanol–water partition coefficient (Wildman–Crippen LogP) is 2.11. The molecule has 1 N–H and O–H groups in total. The lowest BCUT2D eigenvalue weighted by Gasteiger charge is -2.03. The number of benzene rings is 1. The Balaban J connectivity index is 2.35. The van der Waals surface area contributed by atoms with Crippen LogP contribution in [0, 0.1) is 0 Å². The molecule has 0 aliphatic rings. The zero-order chi connectivity index (χ0) is 13.4. The van der Waals surface area contributed by atoms with Crippen LogP contribution in [0.1, 0.15) is 18.1 Å². The van der Waals surface area contributed by atoms with Crippen molar-refractivity contribution in [1.82, 2.24) is 0 Å². The van der Waals surface area contributed by atoms with Crippen molar-refractivity contribution >= 4 is 23.7 Å². The highest BCUT2D eigenvalue weighted by Gasteiger charge is 2.03. The summed E-state index contributed by atoms with van der Waals surface area (Å²) in [6.07, 6.45) is 0.0379. The Morgan fingerprint density at radius 2 is 1.83 bits per heavy atom. The average molecular weight is 268 g/mol. The third kappa shape index (κ3) is 5.72. The van der Waals surface area contributed by atoms with Gasteiger partial charge < -0.3 is 9.84 Å². The second-order valence-corrected chi connectivity index (χ2v) is 4.67. The second-order valence-electron chi connectivity index (χ2n) is 3.68. The fourth-order valence-electron chi connectivity index (χ4n) is 1.38. The summed E-state index contributed by atoms with van der Waals surface area (Å²) in [7, 11) is 0. The number of carbonyl (C=O) groups is 2. The average Bonchev–Trinajstić information content (AvgIpc) is 2.31. The van der Waals surface area contributed by atoms with Crippen molar-refractivity contribution in [2.45, 2.75) is 19.1 Å². The molecule has 0 saturated carbocycles. The fraction of sp³-hybridized carbons (Fsp3) is 0.385. The molecule has 0 aliphatic heterocycles. The largest absolute Gasteiger partial charge is 0.481 e. The van der Waals surface area contributed by atoms with Gasteiger partial charge in [0.1, 0.15) is 0 Å². The highest BCUT2D eigenvalue weighted by Crippen LogP contribution is 2.13. The smallest absolute Gasteiger partial charge is 0.315 e. The first-order valence-electron chi connectivity index (χ1n) is 5.64. The van der Waals surface area contributed by atoms with Gasteiger partial charge in [-0.3, -0.25) is 9.59 Å². The van der Waals surface area contributed by atoms with Crippen LogP contribution in [-0.2, 0) is 26.5 Å². The van der Waals surface area contributed by atoms with Gasteiger partial charge in [0.25, 0.3) is 0 Å². The highest BCUT2D eigenvalue weighted by atomic mass is 32.2. The van der Waals surface area contributed by atoms with E-state index in [4.69, 9.17) is 9.84 Å². The van der Waals surface area contributed by atoms with Crippen LogP contribution in [0.3, 0.4) is 0 Å². The first kappa shape index (κ1) is 14.6. The Labute approximate surface area is 110 Å². The molecule has 1 aromatic carbocycles. The van der Waals surface area contributed by atoms with Gasteiger partial charge in [-0.2, -0.15) is 0 Å². The summed E-state index contributed by atoms with van der Waals surface area (Å²) < 4.78 is 4.82. The number of carbonyl (C=O) groups excluding carboxylic acids is 1. The number of carboxylic acids is 1. The summed E-state index contributed by atoms with van der Waals surface area (Å²) >= 11 is 1.48. The summed E-state index contributed by atoms with van der Waals surface area (Å²) in [5.74, 6) is 0.0149. The first-order chi connectivity index (χ1) is 8.61. The second kappa shape index (κ2) is 7.76. The number of carboxylic acid groups (broad SMARTS) is 1. The SMILES string of the molecule is CCOC(=O)CSCc1ccc(CC(=O)O)cc1. The number of ether oxygens (including phenoxy) is 1. The number of esters is 1. The van der Waals surface area contributed by atoms with Crippen LogP contribution in [0.2, 0.25) is 0 Å². The molecule has 0 radical (unpaired) electrons. The van der Waals surface area contributed by atoms with E-state index in [-0.39, 0.29) is 12.4 Å². The maximum absolute atomic E-state index is 11.1. The van der Waals surface area contributed by atoms with E-state index in [0.717, 1.165) is 11.1 Å². The molecule has 0 unspecified atom stereocenters. The van der Waals surface area contributed by atoms with Gasteiger partial charge in [0.15, 0.2) is 0 Å². The summed E-state index contributed by atoms with van der Waals surface area (Å²) in [5.41, 5.74) is 1.85. The number of hydrogen-bond donors (Lipinski definition) is 1. The van der Waals surface area contributed by atoms with Gasteiger partial charge in [-0.25, -0.2) is 0 Å². The van der Waals surface area contributed by atoms with Crippen LogP contribution in [0.15, 0.2) is 24.3 Å². The summed E-state index contributed by atoms with van der Waals surface area (Å²) in [4.78, 5) is 21.6. The van der Waals surface area contributed by atoms with Crippen LogP contribution in [0.5, 0.6) is 0 Å². The topological polar surface area (TPSA) is 63.6 Å². The van der Waals surface area contributed by atoms with Gasteiger partial charge in [0.2, 0.25) is 0 Å². The molecule has 1 aromatic rings. The molecule has 0 aromatic heterocycles. The third-order valence-corrected chi connectivity index (χ3v) is 3.15. The molecule has 0 heterocycles. The van der Waals surface area contributed by atoms with E-state index in [1.807, 2.05) is 12.1 Å². The van der Waals surface area contributed by atoms with Crippen LogP contribution >= 0.6 is 11.8 Å². The molecule has 98 valence electrons. The Kier molecular flexibility index (Phi) is 6.28. The van der Waals surface area contributed by atoms with Crippen molar-refractivity contribution in [3.63, 3.8) is 0 Å². The van der Waals surface area contributed by atoms with Crippen LogP contribution in [0.4, 0.5) is 0 Å². The van der Waals surface area contributed by atoms with E-state index in [2.05, 4.69) is 0 Å². The van der Waals surface area contributed by atoms with Crippen LogP contribution in [0.25, 0.3) is 0 Å². The minimum absolute atomic E-state index is 0.0379. The zero-order valence-electron chi connectivity index (χ0n) is 10.2. The van der Waals surface area contributed by atoms with E-state index < -0.39 is 5.97 Å². The number of aliphatic carboxylic acids is 1. The minimum Gasteiger partial charge on any atom is -0.481 e. The van der Waals surface area contributed by atoms with Gasteiger partial charge in [-0.05, 0) is 18.1 Å². The fourth-order valence-corrected chi connectivity index (χ4v) is 2.16. The monoisotopic (exact) mass is 268 g/mol. The number of hydrogen-bond acceptors (Lipinski definition) is 4. The Morgan fingerprint density at radius 1 is 1.22 bits per heavy atom. The molecule has 4 nitrogen and oxygen atoms in total. The summed E-state index contributed by atoms with van der Waals surface area (Å²) in [6, 6.07) is 7.37. The molecular formula is C13H16O4S. The first-order valence-corrected chi connectivity index (χ1v) is 6.80. The molecule has 5 heteroatoms. The molecule has 0 amide bonds. The summed E-state index contributed by atoms with van der Waals surface area (Å²) in [6.45, 7) is 2.19. The Bertz CT molecular complexity index is 400. The standard InChI is InChI=1S/C13H16O4S/c1-2-17-13(16)9-18-8-11-5-3-10(4-6-11)7-12(14)15/h3-6H,2,7-9H2,1H3,(H,14,15). The van der Waals surface area contributed by atoms with Gasteiger partial charge in [0, 0.05) is 5.75 Å². The molecule has 0 spiro atoms. The third-order valence-electron chi connectivity index (χ3n) is 2.17. The lowest BCUT2D eigenvalue weighted by molar-refractivity contribution is -0.140. The molecule has 0 saturated heterocycles. The highest BCUT2D eigenvalue weighted by molar-refractivity contribution is 7.99. The molecule has 0 atom stereocenters. The van der Waals surface area contributed by atoms with Crippen molar-refractivity contribution in [3.05, 3.63) is 35.4 Å². The maximum atomic E-state index is 11.1. The lowest BCUT2D eigenvalue weighted by Crippen LogP contribution is -2.06. The van der Waals surface area contributed by atoms with E-state index >= 15 is 0 Å². The van der Waals surface area contributed by atoms with Crippen molar-refractivity contribution < 1.29 is 19.4 Å². The van der Waals surface area contributed by atoms with E-state index in [0.29, 0.717) is 18.1 Å². The van der Waals surface area contributed by atoms with Crippen molar-refractivity contribution in [1.29, 1.82) is 0 Å². The normalized spacial score (nSPS) is 10.1. The van der Waals surface area contributed by atoms with Crippen molar-refractivity contribution in [2.24, 2.45) is 0 Å². The number of rotatable bonds is 7. The van der Waals surface area contributed by atoms with Gasteiger partial charge in [-0.1, -0.05) is 24.3 Å². The van der Waals surface area contributed by atoms with Crippen molar-refractivity contribution in [2.75, 3.05) is 12.4 Å². The van der Waals surface area contributed by atoms with Crippen LogP contribution < -0.4 is 0 Å². The van der Waals surface area contributed by atoms with Crippen molar-refractivity contribution in [3.8, 4) is 0 Å². The minimum atomic E-state index is -0.834. The van der Waals surface area contributed by atoms with Gasteiger partial charge in [0.05, 0.1) is 18.8 Å². The van der Waals surface area contributed by atoms with E-state index in [1.165, 1.54) is 11.8 Å². The van der Waals surface area contributed by atoms with Gasteiger partial charge >= 0.3 is 11.9 Å². The van der Waals surface area contributed by atoms with Gasteiger partial charge in [-0.15, -0.1) is 11.8 Å².